The molecule has 2 aromatic rings. The summed E-state index contributed by atoms with van der Waals surface area (Å²) >= 11 is 0. The van der Waals surface area contributed by atoms with E-state index in [9.17, 15) is 0 Å². The number of anilines is 1. The van der Waals surface area contributed by atoms with Crippen LogP contribution in [0.3, 0.4) is 0 Å². The topological polar surface area (TPSA) is 62.0 Å². The third-order valence-corrected chi connectivity index (χ3v) is 5.73. The zero-order valence-corrected chi connectivity index (χ0v) is 16.5. The van der Waals surface area contributed by atoms with Crippen LogP contribution >= 0.6 is 0 Å². The highest BCUT2D eigenvalue weighted by Gasteiger charge is 2.25. The Morgan fingerprint density at radius 1 is 1.00 bits per heavy atom. The SMILES string of the molecule is CN(C)c1ccc2nnc(C3CCN(CCN4CCCOCC4)CC3)n2n1. The van der Waals surface area contributed by atoms with Crippen LogP contribution in [-0.4, -0.2) is 96.2 Å². The average Bonchev–Trinajstić information content (AvgIpc) is 2.93. The zero-order chi connectivity index (χ0) is 18.6. The van der Waals surface area contributed by atoms with E-state index in [1.165, 1.54) is 6.54 Å². The van der Waals surface area contributed by atoms with Crippen LogP contribution in [0.2, 0.25) is 0 Å². The van der Waals surface area contributed by atoms with Gasteiger partial charge in [-0.25, -0.2) is 0 Å². The molecule has 0 aromatic carbocycles. The summed E-state index contributed by atoms with van der Waals surface area (Å²) in [5.74, 6) is 2.38. The average molecular weight is 374 g/mol. The number of hydrogen-bond acceptors (Lipinski definition) is 7. The Morgan fingerprint density at radius 3 is 2.56 bits per heavy atom. The number of nitrogens with zero attached hydrogens (tertiary/aromatic N) is 7. The molecule has 4 rings (SSSR count). The molecule has 0 spiro atoms. The van der Waals surface area contributed by atoms with Crippen molar-refractivity contribution in [3.05, 3.63) is 18.0 Å². The lowest BCUT2D eigenvalue weighted by molar-refractivity contribution is 0.134. The van der Waals surface area contributed by atoms with Crippen molar-refractivity contribution in [2.24, 2.45) is 0 Å². The molecule has 0 N–H and O–H groups in total. The largest absolute Gasteiger partial charge is 0.380 e. The number of ether oxygens (including phenoxy) is 1. The first kappa shape index (κ1) is 18.6. The van der Waals surface area contributed by atoms with Crippen LogP contribution in [0, 0.1) is 0 Å². The maximum atomic E-state index is 5.55. The van der Waals surface area contributed by atoms with Crippen LogP contribution < -0.4 is 4.90 Å². The first-order valence-electron chi connectivity index (χ1n) is 10.1. The standard InChI is InChI=1S/C19H31N7O/c1-23(2)18-5-4-17-20-21-19(26(17)22-18)16-6-9-25(10-7-16)12-11-24-8-3-14-27-15-13-24/h4-5,16H,3,6-15H2,1-2H3. The van der Waals surface area contributed by atoms with Crippen LogP contribution in [-0.2, 0) is 4.74 Å². The summed E-state index contributed by atoms with van der Waals surface area (Å²) in [4.78, 5) is 7.14. The van der Waals surface area contributed by atoms with Gasteiger partial charge in [-0.1, -0.05) is 0 Å². The summed E-state index contributed by atoms with van der Waals surface area (Å²) in [6.07, 6.45) is 3.40. The fourth-order valence-corrected chi connectivity index (χ4v) is 4.01. The van der Waals surface area contributed by atoms with Crippen molar-refractivity contribution in [2.75, 3.05) is 71.5 Å². The lowest BCUT2D eigenvalue weighted by Gasteiger charge is -2.32. The Bertz CT molecular complexity index is 731. The molecule has 2 aliphatic rings. The molecule has 0 bridgehead atoms. The normalized spacial score (nSPS) is 20.8. The Balaban J connectivity index is 1.33. The quantitative estimate of drug-likeness (QED) is 0.777. The van der Waals surface area contributed by atoms with E-state index in [2.05, 4.69) is 20.0 Å². The van der Waals surface area contributed by atoms with Crippen molar-refractivity contribution in [3.8, 4) is 0 Å². The van der Waals surface area contributed by atoms with Crippen molar-refractivity contribution in [3.63, 3.8) is 0 Å². The van der Waals surface area contributed by atoms with E-state index >= 15 is 0 Å². The van der Waals surface area contributed by atoms with Gasteiger partial charge >= 0.3 is 0 Å². The van der Waals surface area contributed by atoms with E-state index in [4.69, 9.17) is 9.84 Å². The van der Waals surface area contributed by atoms with Crippen LogP contribution in [0.5, 0.6) is 0 Å². The van der Waals surface area contributed by atoms with Crippen molar-refractivity contribution >= 4 is 11.5 Å². The van der Waals surface area contributed by atoms with Crippen LogP contribution in [0.1, 0.15) is 31.0 Å². The summed E-state index contributed by atoms with van der Waals surface area (Å²) in [7, 11) is 4.01. The third-order valence-electron chi connectivity index (χ3n) is 5.73. The molecule has 2 fully saturated rings. The molecule has 2 saturated heterocycles. The molecule has 8 heteroatoms. The molecule has 2 aliphatic heterocycles. The van der Waals surface area contributed by atoms with Gasteiger partial charge in [-0.2, -0.15) is 4.52 Å². The fraction of sp³-hybridized carbons (Fsp3) is 0.737. The first-order valence-corrected chi connectivity index (χ1v) is 10.1. The summed E-state index contributed by atoms with van der Waals surface area (Å²) < 4.78 is 7.49. The van der Waals surface area contributed by atoms with E-state index in [-0.39, 0.29) is 0 Å². The van der Waals surface area contributed by atoms with Crippen molar-refractivity contribution in [1.82, 2.24) is 29.6 Å². The summed E-state index contributed by atoms with van der Waals surface area (Å²) in [5, 5.41) is 13.5. The lowest BCUT2D eigenvalue weighted by atomic mass is 9.96. The van der Waals surface area contributed by atoms with Crippen LogP contribution in [0.4, 0.5) is 5.82 Å². The van der Waals surface area contributed by atoms with Crippen LogP contribution in [0.25, 0.3) is 5.65 Å². The van der Waals surface area contributed by atoms with E-state index in [1.807, 2.05) is 35.6 Å². The van der Waals surface area contributed by atoms with Crippen molar-refractivity contribution in [1.29, 1.82) is 0 Å². The Kier molecular flexibility index (Phi) is 5.85. The predicted octanol–water partition coefficient (Wildman–Crippen LogP) is 1.09. The molecule has 8 nitrogen and oxygen atoms in total. The second-order valence-corrected chi connectivity index (χ2v) is 7.84. The summed E-state index contributed by atoms with van der Waals surface area (Å²) in [5.41, 5.74) is 0.835. The third kappa shape index (κ3) is 4.39. The van der Waals surface area contributed by atoms with Crippen molar-refractivity contribution < 1.29 is 4.74 Å². The van der Waals surface area contributed by atoms with Gasteiger partial charge in [0.25, 0.3) is 0 Å². The number of rotatable bonds is 5. The molecule has 2 aromatic heterocycles. The number of hydrogen-bond donors (Lipinski definition) is 0. The van der Waals surface area contributed by atoms with E-state index in [1.54, 1.807) is 0 Å². The second-order valence-electron chi connectivity index (χ2n) is 7.84. The lowest BCUT2D eigenvalue weighted by Crippen LogP contribution is -2.40. The van der Waals surface area contributed by atoms with Gasteiger partial charge in [0.05, 0.1) is 6.61 Å². The molecular formula is C19H31N7O. The zero-order valence-electron chi connectivity index (χ0n) is 16.5. The van der Waals surface area contributed by atoms with E-state index in [0.29, 0.717) is 5.92 Å². The fourth-order valence-electron chi connectivity index (χ4n) is 4.01. The maximum absolute atomic E-state index is 5.55. The van der Waals surface area contributed by atoms with Gasteiger partial charge in [-0.15, -0.1) is 15.3 Å². The molecular weight excluding hydrogens is 342 g/mol. The predicted molar refractivity (Wildman–Crippen MR) is 105 cm³/mol. The molecule has 0 unspecified atom stereocenters. The Morgan fingerprint density at radius 2 is 1.78 bits per heavy atom. The molecule has 0 atom stereocenters. The van der Waals surface area contributed by atoms with E-state index < -0.39 is 0 Å². The first-order chi connectivity index (χ1) is 13.2. The van der Waals surface area contributed by atoms with Gasteiger partial charge in [0.15, 0.2) is 11.5 Å². The second kappa shape index (κ2) is 8.50. The summed E-state index contributed by atoms with van der Waals surface area (Å²) in [6, 6.07) is 3.99. The minimum absolute atomic E-state index is 0.438. The van der Waals surface area contributed by atoms with Gasteiger partial charge in [0, 0.05) is 52.8 Å². The molecule has 0 aliphatic carbocycles. The van der Waals surface area contributed by atoms with E-state index in [0.717, 1.165) is 82.5 Å². The van der Waals surface area contributed by atoms with Gasteiger partial charge in [-0.3, -0.25) is 4.90 Å². The summed E-state index contributed by atoms with van der Waals surface area (Å²) in [6.45, 7) is 8.58. The number of fused-ring (bicyclic) bond motifs is 1. The molecule has 0 amide bonds. The number of aromatic nitrogens is 4. The molecule has 27 heavy (non-hydrogen) atoms. The van der Waals surface area contributed by atoms with Gasteiger partial charge in [0.2, 0.25) is 0 Å². The maximum Gasteiger partial charge on any atom is 0.178 e. The molecule has 4 heterocycles. The highest BCUT2D eigenvalue weighted by molar-refractivity contribution is 5.45. The minimum atomic E-state index is 0.438. The Labute approximate surface area is 161 Å². The number of piperidine rings is 1. The van der Waals surface area contributed by atoms with Gasteiger partial charge < -0.3 is 14.5 Å². The Hall–Kier alpha value is -1.77. The number of likely N-dealkylation sites (tertiary alicyclic amines) is 1. The monoisotopic (exact) mass is 373 g/mol. The van der Waals surface area contributed by atoms with Gasteiger partial charge in [-0.05, 0) is 44.5 Å². The van der Waals surface area contributed by atoms with Crippen molar-refractivity contribution in [2.45, 2.75) is 25.2 Å². The van der Waals surface area contributed by atoms with Crippen LogP contribution in [0.15, 0.2) is 12.1 Å². The highest BCUT2D eigenvalue weighted by Crippen LogP contribution is 2.27. The minimum Gasteiger partial charge on any atom is -0.380 e. The molecule has 0 radical (unpaired) electrons. The van der Waals surface area contributed by atoms with Gasteiger partial charge in [0.1, 0.15) is 5.82 Å². The smallest absolute Gasteiger partial charge is 0.178 e. The highest BCUT2D eigenvalue weighted by atomic mass is 16.5. The molecule has 0 saturated carbocycles. The molecule has 148 valence electrons.